The highest BCUT2D eigenvalue weighted by Crippen LogP contribution is 2.37. The second-order valence-corrected chi connectivity index (χ2v) is 9.62. The Morgan fingerprint density at radius 2 is 2.03 bits per heavy atom. The van der Waals surface area contributed by atoms with Crippen LogP contribution in [-0.2, 0) is 29.1 Å². The normalized spacial score (nSPS) is 19.0. The molecule has 1 aliphatic carbocycles. The lowest BCUT2D eigenvalue weighted by Crippen LogP contribution is -2.40. The Bertz CT molecular complexity index is 1050. The highest BCUT2D eigenvalue weighted by molar-refractivity contribution is 6.31. The van der Waals surface area contributed by atoms with E-state index in [9.17, 15) is 14.0 Å². The predicted molar refractivity (Wildman–Crippen MR) is 130 cm³/mol. The van der Waals surface area contributed by atoms with Crippen LogP contribution in [-0.4, -0.2) is 77.9 Å². The van der Waals surface area contributed by atoms with Gasteiger partial charge in [-0.15, -0.1) is 0 Å². The minimum absolute atomic E-state index is 0.0449. The summed E-state index contributed by atoms with van der Waals surface area (Å²) >= 11 is 6.28. The maximum absolute atomic E-state index is 13.3. The fraction of sp³-hybridized carbons (Fsp3) is 0.480. The monoisotopic (exact) mass is 487 g/mol. The van der Waals surface area contributed by atoms with E-state index in [2.05, 4.69) is 10.3 Å². The molecule has 1 aromatic carbocycles. The molecule has 1 aromatic heterocycles. The van der Waals surface area contributed by atoms with Gasteiger partial charge in [-0.1, -0.05) is 23.7 Å². The van der Waals surface area contributed by atoms with Gasteiger partial charge >= 0.3 is 0 Å². The van der Waals surface area contributed by atoms with Crippen LogP contribution in [0, 0.1) is 5.92 Å². The zero-order valence-electron chi connectivity index (χ0n) is 19.6. The molecule has 34 heavy (non-hydrogen) atoms. The molecule has 1 saturated carbocycles. The molecule has 182 valence electrons. The number of likely N-dealkylation sites (N-methyl/N-ethyl adjacent to an activating group) is 1. The zero-order chi connectivity index (χ0) is 24.2. The number of alkyl halides is 1. The number of fused-ring (bicyclic) bond motifs is 1. The molecule has 1 aliphatic heterocycles. The van der Waals surface area contributed by atoms with Gasteiger partial charge in [0.25, 0.3) is 0 Å². The summed E-state index contributed by atoms with van der Waals surface area (Å²) in [5.74, 6) is -0.589. The number of nitrogens with one attached hydrogen (secondary N) is 1. The first-order valence-corrected chi connectivity index (χ1v) is 12.0. The minimum atomic E-state index is -0.982. The van der Waals surface area contributed by atoms with E-state index in [0.717, 1.165) is 23.4 Å². The van der Waals surface area contributed by atoms with Crippen molar-refractivity contribution in [2.75, 3.05) is 45.6 Å². The third kappa shape index (κ3) is 5.85. The SMILES string of the molecule is CN(C)CCN(Cc1ncccc1Cl)C(=O)CNc1cccc2c1CCN(C(=O)[C@@H]1C[C@@H]1F)C2. The summed E-state index contributed by atoms with van der Waals surface area (Å²) in [6.45, 7) is 2.81. The van der Waals surface area contributed by atoms with Crippen LogP contribution in [0.2, 0.25) is 5.02 Å². The number of anilines is 1. The maximum Gasteiger partial charge on any atom is 0.242 e. The third-order valence-electron chi connectivity index (χ3n) is 6.38. The van der Waals surface area contributed by atoms with Crippen molar-refractivity contribution in [3.05, 3.63) is 58.4 Å². The number of rotatable bonds is 9. The van der Waals surface area contributed by atoms with E-state index in [0.29, 0.717) is 49.7 Å². The molecule has 0 spiro atoms. The van der Waals surface area contributed by atoms with Crippen LogP contribution >= 0.6 is 11.6 Å². The van der Waals surface area contributed by atoms with Crippen molar-refractivity contribution in [3.63, 3.8) is 0 Å². The molecule has 2 amide bonds. The average molecular weight is 488 g/mol. The lowest BCUT2D eigenvalue weighted by molar-refractivity contribution is -0.134. The van der Waals surface area contributed by atoms with Crippen LogP contribution < -0.4 is 5.32 Å². The van der Waals surface area contributed by atoms with Crippen molar-refractivity contribution in [1.82, 2.24) is 19.7 Å². The first-order valence-electron chi connectivity index (χ1n) is 11.6. The lowest BCUT2D eigenvalue weighted by Gasteiger charge is -2.31. The van der Waals surface area contributed by atoms with Gasteiger partial charge in [-0.25, -0.2) is 4.39 Å². The number of carbonyl (C=O) groups excluding carboxylic acids is 2. The average Bonchev–Trinajstić information content (AvgIpc) is 3.56. The van der Waals surface area contributed by atoms with Crippen LogP contribution in [0.3, 0.4) is 0 Å². The highest BCUT2D eigenvalue weighted by Gasteiger charge is 2.46. The van der Waals surface area contributed by atoms with Gasteiger partial charge < -0.3 is 20.0 Å². The first kappa shape index (κ1) is 24.4. The Balaban J connectivity index is 1.41. The molecule has 2 aliphatic rings. The van der Waals surface area contributed by atoms with Gasteiger partial charge in [-0.05, 0) is 56.3 Å². The number of benzene rings is 1. The van der Waals surface area contributed by atoms with Crippen LogP contribution in [0.25, 0.3) is 0 Å². The van der Waals surface area contributed by atoms with Crippen molar-refractivity contribution in [2.24, 2.45) is 5.92 Å². The Labute approximate surface area is 204 Å². The molecular weight excluding hydrogens is 457 g/mol. The number of nitrogens with zero attached hydrogens (tertiary/aromatic N) is 4. The fourth-order valence-electron chi connectivity index (χ4n) is 4.23. The molecule has 0 bridgehead atoms. The minimum Gasteiger partial charge on any atom is -0.376 e. The molecule has 0 unspecified atom stereocenters. The van der Waals surface area contributed by atoms with Crippen LogP contribution in [0.5, 0.6) is 0 Å². The molecule has 2 aromatic rings. The van der Waals surface area contributed by atoms with E-state index >= 15 is 0 Å². The molecule has 0 saturated heterocycles. The summed E-state index contributed by atoms with van der Waals surface area (Å²) in [6.07, 6.45) is 1.72. The van der Waals surface area contributed by atoms with Gasteiger partial charge in [0.2, 0.25) is 11.8 Å². The number of amides is 2. The van der Waals surface area contributed by atoms with E-state index in [-0.39, 0.29) is 18.4 Å². The van der Waals surface area contributed by atoms with E-state index in [1.807, 2.05) is 37.2 Å². The van der Waals surface area contributed by atoms with Crippen molar-refractivity contribution in [3.8, 4) is 0 Å². The highest BCUT2D eigenvalue weighted by atomic mass is 35.5. The molecule has 2 atom stereocenters. The second kappa shape index (κ2) is 10.7. The molecule has 0 radical (unpaired) electrons. The molecule has 1 N–H and O–H groups in total. The summed E-state index contributed by atoms with van der Waals surface area (Å²) in [4.78, 5) is 35.5. The van der Waals surface area contributed by atoms with Crippen molar-refractivity contribution >= 4 is 29.1 Å². The largest absolute Gasteiger partial charge is 0.376 e. The van der Waals surface area contributed by atoms with E-state index in [1.165, 1.54) is 0 Å². The second-order valence-electron chi connectivity index (χ2n) is 9.22. The molecule has 7 nitrogen and oxygen atoms in total. The zero-order valence-corrected chi connectivity index (χ0v) is 20.4. The van der Waals surface area contributed by atoms with Gasteiger partial charge in [0.1, 0.15) is 6.17 Å². The maximum atomic E-state index is 13.3. The van der Waals surface area contributed by atoms with Gasteiger partial charge in [-0.2, -0.15) is 0 Å². The molecule has 9 heteroatoms. The van der Waals surface area contributed by atoms with Gasteiger partial charge in [0, 0.05) is 38.1 Å². The Hall–Kier alpha value is -2.71. The Morgan fingerprint density at radius 1 is 1.24 bits per heavy atom. The summed E-state index contributed by atoms with van der Waals surface area (Å²) in [5.41, 5.74) is 3.72. The number of halogens is 2. The first-order chi connectivity index (χ1) is 16.3. The summed E-state index contributed by atoms with van der Waals surface area (Å²) in [5, 5.41) is 3.85. The van der Waals surface area contributed by atoms with Gasteiger partial charge in [0.05, 0.1) is 29.7 Å². The standard InChI is InChI=1S/C25H31ClFN5O2/c1-30(2)11-12-31(16-23-20(26)6-4-9-28-23)24(33)14-29-22-7-3-5-17-15-32(10-8-18(17)22)25(34)19-13-21(19)27/h3-7,9,19,21,29H,8,10-16H2,1-2H3/t19-,21+/m1/s1. The fourth-order valence-corrected chi connectivity index (χ4v) is 4.41. The third-order valence-corrected chi connectivity index (χ3v) is 6.73. The van der Waals surface area contributed by atoms with E-state index < -0.39 is 12.1 Å². The number of hydrogen-bond acceptors (Lipinski definition) is 5. The van der Waals surface area contributed by atoms with Crippen molar-refractivity contribution in [1.29, 1.82) is 0 Å². The topological polar surface area (TPSA) is 68.8 Å². The number of hydrogen-bond donors (Lipinski definition) is 1. The molecule has 4 rings (SSSR count). The Kier molecular flexibility index (Phi) is 7.68. The summed E-state index contributed by atoms with van der Waals surface area (Å²) < 4.78 is 13.3. The van der Waals surface area contributed by atoms with Gasteiger partial charge in [0.15, 0.2) is 0 Å². The summed E-state index contributed by atoms with van der Waals surface area (Å²) in [6, 6.07) is 9.42. The molecule has 2 heterocycles. The van der Waals surface area contributed by atoms with E-state index in [1.54, 1.807) is 28.1 Å². The lowest BCUT2D eigenvalue weighted by atomic mass is 9.97. The predicted octanol–water partition coefficient (Wildman–Crippen LogP) is 2.98. The Morgan fingerprint density at radius 3 is 2.74 bits per heavy atom. The van der Waals surface area contributed by atoms with Gasteiger partial charge in [-0.3, -0.25) is 14.6 Å². The van der Waals surface area contributed by atoms with Crippen LogP contribution in [0.1, 0.15) is 23.2 Å². The number of aromatic nitrogens is 1. The van der Waals surface area contributed by atoms with Crippen LogP contribution in [0.15, 0.2) is 36.5 Å². The quantitative estimate of drug-likeness (QED) is 0.589. The van der Waals surface area contributed by atoms with Crippen molar-refractivity contribution < 1.29 is 14.0 Å². The number of carbonyl (C=O) groups is 2. The van der Waals surface area contributed by atoms with Crippen LogP contribution in [0.4, 0.5) is 10.1 Å². The summed E-state index contributed by atoms with van der Waals surface area (Å²) in [7, 11) is 3.94. The van der Waals surface area contributed by atoms with Crippen molar-refractivity contribution in [2.45, 2.75) is 32.1 Å². The molecule has 1 fully saturated rings. The van der Waals surface area contributed by atoms with E-state index in [4.69, 9.17) is 11.6 Å². The smallest absolute Gasteiger partial charge is 0.242 e. The number of pyridine rings is 1. The molecular formula is C25H31ClFN5O2.